The number of anilines is 1. The number of amides is 1. The predicted molar refractivity (Wildman–Crippen MR) is 86.8 cm³/mol. The van der Waals surface area contributed by atoms with Gasteiger partial charge in [0.25, 0.3) is 0 Å². The Labute approximate surface area is 146 Å². The van der Waals surface area contributed by atoms with Crippen molar-refractivity contribution in [3.8, 4) is 0 Å². The van der Waals surface area contributed by atoms with Crippen molar-refractivity contribution in [3.63, 3.8) is 0 Å². The zero-order valence-electron chi connectivity index (χ0n) is 12.7. The second-order valence-corrected chi connectivity index (χ2v) is 5.67. The first-order valence-corrected chi connectivity index (χ1v) is 7.53. The second kappa shape index (κ2) is 7.57. The van der Waals surface area contributed by atoms with Gasteiger partial charge in [0.2, 0.25) is 5.91 Å². The molecule has 0 aliphatic rings. The molecule has 0 saturated heterocycles. The molecule has 0 heterocycles. The third-order valence-electron chi connectivity index (χ3n) is 3.41. The third kappa shape index (κ3) is 5.22. The monoisotopic (exact) mass is 371 g/mol. The van der Waals surface area contributed by atoms with Crippen LogP contribution >= 0.6 is 11.6 Å². The molecule has 0 aliphatic carbocycles. The molecule has 0 aromatic heterocycles. The molecular formula is C17H13ClF3NO3. The fraction of sp³-hybridized carbons (Fsp3) is 0.176. The number of hydrogen-bond acceptors (Lipinski definition) is 2. The van der Waals surface area contributed by atoms with Crippen molar-refractivity contribution in [1.82, 2.24) is 0 Å². The van der Waals surface area contributed by atoms with Gasteiger partial charge < -0.3 is 10.4 Å². The van der Waals surface area contributed by atoms with Crippen LogP contribution in [0.25, 0.3) is 0 Å². The highest BCUT2D eigenvalue weighted by Crippen LogP contribution is 2.29. The van der Waals surface area contributed by atoms with E-state index < -0.39 is 23.6 Å². The van der Waals surface area contributed by atoms with Crippen molar-refractivity contribution in [2.24, 2.45) is 0 Å². The van der Waals surface area contributed by atoms with Gasteiger partial charge in [-0.25, -0.2) is 4.79 Å². The summed E-state index contributed by atoms with van der Waals surface area (Å²) >= 11 is 5.79. The van der Waals surface area contributed by atoms with Crippen molar-refractivity contribution in [2.45, 2.75) is 19.0 Å². The normalized spacial score (nSPS) is 11.2. The lowest BCUT2D eigenvalue weighted by Gasteiger charge is -2.10. The van der Waals surface area contributed by atoms with Crippen LogP contribution in [0, 0.1) is 0 Å². The fourth-order valence-corrected chi connectivity index (χ4v) is 2.31. The summed E-state index contributed by atoms with van der Waals surface area (Å²) in [5.41, 5.74) is -0.233. The van der Waals surface area contributed by atoms with Crippen LogP contribution in [0.15, 0.2) is 42.5 Å². The minimum absolute atomic E-state index is 0.0169. The highest BCUT2D eigenvalue weighted by atomic mass is 35.5. The van der Waals surface area contributed by atoms with Gasteiger partial charge in [0, 0.05) is 11.4 Å². The standard InChI is InChI=1S/C17H13ClF3NO3/c18-12-6-7-13(16(24)25)14(9-12)22-15(23)8-3-10-1-4-11(5-2-10)17(19,20)21/h1-2,4-7,9H,3,8H2,(H,22,23)(H,24,25). The first kappa shape index (κ1) is 18.8. The average Bonchev–Trinajstić information content (AvgIpc) is 2.52. The number of carboxylic acids is 1. The zero-order valence-corrected chi connectivity index (χ0v) is 13.5. The highest BCUT2D eigenvalue weighted by molar-refractivity contribution is 6.31. The van der Waals surface area contributed by atoms with Gasteiger partial charge in [0.15, 0.2) is 0 Å². The lowest BCUT2D eigenvalue weighted by atomic mass is 10.1. The van der Waals surface area contributed by atoms with Crippen LogP contribution in [-0.2, 0) is 17.4 Å². The van der Waals surface area contributed by atoms with Crippen molar-refractivity contribution < 1.29 is 27.9 Å². The van der Waals surface area contributed by atoms with E-state index in [1.807, 2.05) is 0 Å². The molecule has 0 spiro atoms. The number of benzene rings is 2. The summed E-state index contributed by atoms with van der Waals surface area (Å²) in [5.74, 6) is -1.68. The van der Waals surface area contributed by atoms with E-state index in [1.54, 1.807) is 0 Å². The van der Waals surface area contributed by atoms with Gasteiger partial charge in [-0.1, -0.05) is 23.7 Å². The topological polar surface area (TPSA) is 66.4 Å². The number of aromatic carboxylic acids is 1. The Bertz CT molecular complexity index is 789. The van der Waals surface area contributed by atoms with E-state index in [9.17, 15) is 22.8 Å². The molecule has 0 bridgehead atoms. The van der Waals surface area contributed by atoms with Crippen LogP contribution in [0.2, 0.25) is 5.02 Å². The molecule has 0 aliphatic heterocycles. The Hall–Kier alpha value is -2.54. The first-order chi connectivity index (χ1) is 11.7. The van der Waals surface area contributed by atoms with Gasteiger partial charge in [-0.3, -0.25) is 4.79 Å². The quantitative estimate of drug-likeness (QED) is 0.805. The Kier molecular flexibility index (Phi) is 5.69. The lowest BCUT2D eigenvalue weighted by Crippen LogP contribution is -2.15. The number of nitrogens with one attached hydrogen (secondary N) is 1. The highest BCUT2D eigenvalue weighted by Gasteiger charge is 2.29. The molecule has 2 aromatic rings. The predicted octanol–water partition coefficient (Wildman–Crippen LogP) is 4.63. The summed E-state index contributed by atoms with van der Waals surface area (Å²) in [6, 6.07) is 8.50. The van der Waals surface area contributed by atoms with E-state index in [4.69, 9.17) is 16.7 Å². The zero-order chi connectivity index (χ0) is 18.6. The number of carbonyl (C=O) groups excluding carboxylic acids is 1. The molecule has 0 unspecified atom stereocenters. The maximum absolute atomic E-state index is 12.5. The molecule has 1 amide bonds. The van der Waals surface area contributed by atoms with Crippen LogP contribution in [0.4, 0.5) is 18.9 Å². The first-order valence-electron chi connectivity index (χ1n) is 7.15. The van der Waals surface area contributed by atoms with Crippen molar-refractivity contribution in [2.75, 3.05) is 5.32 Å². The molecule has 0 atom stereocenters. The molecule has 2 rings (SSSR count). The minimum atomic E-state index is -4.41. The Morgan fingerprint density at radius 1 is 1.08 bits per heavy atom. The van der Waals surface area contributed by atoms with E-state index in [2.05, 4.69) is 5.32 Å². The van der Waals surface area contributed by atoms with Gasteiger partial charge in [-0.2, -0.15) is 13.2 Å². The molecule has 4 nitrogen and oxygen atoms in total. The maximum atomic E-state index is 12.5. The van der Waals surface area contributed by atoms with Gasteiger partial charge in [0.05, 0.1) is 16.8 Å². The number of alkyl halides is 3. The minimum Gasteiger partial charge on any atom is -0.478 e. The number of rotatable bonds is 5. The molecule has 2 N–H and O–H groups in total. The number of carbonyl (C=O) groups is 2. The van der Waals surface area contributed by atoms with Crippen LogP contribution in [0.3, 0.4) is 0 Å². The lowest BCUT2D eigenvalue weighted by molar-refractivity contribution is -0.137. The summed E-state index contributed by atoms with van der Waals surface area (Å²) in [6.07, 6.45) is -4.21. The molecule has 0 fully saturated rings. The summed E-state index contributed by atoms with van der Waals surface area (Å²) < 4.78 is 37.5. The molecule has 0 saturated carbocycles. The number of halogens is 4. The molecule has 2 aromatic carbocycles. The maximum Gasteiger partial charge on any atom is 0.416 e. The van der Waals surface area contributed by atoms with Gasteiger partial charge in [0.1, 0.15) is 0 Å². The van der Waals surface area contributed by atoms with Crippen molar-refractivity contribution in [1.29, 1.82) is 0 Å². The average molecular weight is 372 g/mol. The van der Waals surface area contributed by atoms with Gasteiger partial charge in [-0.05, 0) is 42.3 Å². The molecule has 132 valence electrons. The molecular weight excluding hydrogens is 359 g/mol. The largest absolute Gasteiger partial charge is 0.478 e. The van der Waals surface area contributed by atoms with E-state index in [0.717, 1.165) is 12.1 Å². The van der Waals surface area contributed by atoms with E-state index in [0.29, 0.717) is 5.56 Å². The molecule has 8 heteroatoms. The van der Waals surface area contributed by atoms with Crippen molar-refractivity contribution in [3.05, 3.63) is 64.2 Å². The summed E-state index contributed by atoms with van der Waals surface area (Å²) in [4.78, 5) is 23.1. The molecule has 0 radical (unpaired) electrons. The van der Waals surface area contributed by atoms with E-state index in [1.165, 1.54) is 30.3 Å². The number of hydrogen-bond donors (Lipinski definition) is 2. The summed E-state index contributed by atoms with van der Waals surface area (Å²) in [5, 5.41) is 11.8. The van der Waals surface area contributed by atoms with Crippen LogP contribution in [0.1, 0.15) is 27.9 Å². The number of aryl methyl sites for hydroxylation is 1. The Morgan fingerprint density at radius 2 is 1.72 bits per heavy atom. The van der Waals surface area contributed by atoms with Crippen LogP contribution < -0.4 is 5.32 Å². The number of carboxylic acid groups (broad SMARTS) is 1. The smallest absolute Gasteiger partial charge is 0.416 e. The van der Waals surface area contributed by atoms with Crippen molar-refractivity contribution >= 4 is 29.2 Å². The SMILES string of the molecule is O=C(CCc1ccc(C(F)(F)F)cc1)Nc1cc(Cl)ccc1C(=O)O. The third-order valence-corrected chi connectivity index (χ3v) is 3.64. The van der Waals surface area contributed by atoms with E-state index >= 15 is 0 Å². The van der Waals surface area contributed by atoms with Gasteiger partial charge >= 0.3 is 12.1 Å². The van der Waals surface area contributed by atoms with Crippen LogP contribution in [0.5, 0.6) is 0 Å². The summed E-state index contributed by atoms with van der Waals surface area (Å²) in [6.45, 7) is 0. The fourth-order valence-electron chi connectivity index (χ4n) is 2.14. The van der Waals surface area contributed by atoms with Gasteiger partial charge in [-0.15, -0.1) is 0 Å². The van der Waals surface area contributed by atoms with Crippen LogP contribution in [-0.4, -0.2) is 17.0 Å². The Balaban J connectivity index is 2.00. The Morgan fingerprint density at radius 3 is 2.28 bits per heavy atom. The van der Waals surface area contributed by atoms with E-state index in [-0.39, 0.29) is 29.1 Å². The summed E-state index contributed by atoms with van der Waals surface area (Å²) in [7, 11) is 0. The second-order valence-electron chi connectivity index (χ2n) is 5.24. The molecule has 25 heavy (non-hydrogen) atoms.